The molecule has 0 spiro atoms. The average molecular weight is 296 g/mol. The quantitative estimate of drug-likeness (QED) is 0.797. The molecule has 0 radical (unpaired) electrons. The number of rotatable bonds is 7. The van der Waals surface area contributed by atoms with E-state index in [1.807, 2.05) is 31.2 Å². The van der Waals surface area contributed by atoms with Gasteiger partial charge in [-0.25, -0.2) is 18.1 Å². The number of sulfonamides is 1. The standard InChI is InChI=1S/C14H20N2O3S/c1-3-11(2)20(17,18)15-10-6-9-14-16-12-7-4-5-8-13(12)19-14/h4-5,7-8,11,15H,3,6,9-10H2,1-2H3. The Hall–Kier alpha value is -1.40. The molecule has 1 heterocycles. The highest BCUT2D eigenvalue weighted by molar-refractivity contribution is 7.90. The van der Waals surface area contributed by atoms with Crippen molar-refractivity contribution in [1.82, 2.24) is 9.71 Å². The van der Waals surface area contributed by atoms with Crippen LogP contribution in [0.25, 0.3) is 11.1 Å². The maximum absolute atomic E-state index is 11.8. The first-order valence-corrected chi connectivity index (χ1v) is 8.40. The largest absolute Gasteiger partial charge is 0.441 e. The van der Waals surface area contributed by atoms with Gasteiger partial charge in [-0.2, -0.15) is 0 Å². The van der Waals surface area contributed by atoms with Crippen LogP contribution in [0.2, 0.25) is 0 Å². The van der Waals surface area contributed by atoms with E-state index in [1.54, 1.807) is 6.92 Å². The molecule has 1 aromatic heterocycles. The van der Waals surface area contributed by atoms with E-state index >= 15 is 0 Å². The Labute approximate surface area is 119 Å². The number of fused-ring (bicyclic) bond motifs is 1. The van der Waals surface area contributed by atoms with Crippen LogP contribution in [0.4, 0.5) is 0 Å². The Bertz CT molecular complexity index is 631. The molecule has 20 heavy (non-hydrogen) atoms. The SMILES string of the molecule is CCC(C)S(=O)(=O)NCCCc1nc2ccccc2o1. The Kier molecular flexibility index (Phi) is 4.77. The Morgan fingerprint density at radius 3 is 2.80 bits per heavy atom. The van der Waals surface area contributed by atoms with E-state index in [-0.39, 0.29) is 5.25 Å². The highest BCUT2D eigenvalue weighted by Gasteiger charge is 2.17. The van der Waals surface area contributed by atoms with E-state index in [0.717, 1.165) is 11.1 Å². The number of aryl methyl sites for hydroxylation is 1. The van der Waals surface area contributed by atoms with E-state index in [9.17, 15) is 8.42 Å². The van der Waals surface area contributed by atoms with E-state index in [0.29, 0.717) is 31.7 Å². The van der Waals surface area contributed by atoms with Gasteiger partial charge in [0.15, 0.2) is 11.5 Å². The molecule has 0 saturated heterocycles. The molecule has 110 valence electrons. The van der Waals surface area contributed by atoms with Gasteiger partial charge in [-0.3, -0.25) is 0 Å². The summed E-state index contributed by atoms with van der Waals surface area (Å²) in [4.78, 5) is 4.35. The van der Waals surface area contributed by atoms with Crippen molar-refractivity contribution in [3.63, 3.8) is 0 Å². The first kappa shape index (κ1) is 15.0. The Morgan fingerprint density at radius 2 is 2.10 bits per heavy atom. The zero-order valence-electron chi connectivity index (χ0n) is 11.8. The Balaban J connectivity index is 1.84. The van der Waals surface area contributed by atoms with Crippen LogP contribution >= 0.6 is 0 Å². The second-order valence-electron chi connectivity index (χ2n) is 4.84. The molecule has 1 aromatic carbocycles. The molecule has 2 aromatic rings. The lowest BCUT2D eigenvalue weighted by Gasteiger charge is -2.11. The molecule has 1 N–H and O–H groups in total. The second-order valence-corrected chi connectivity index (χ2v) is 7.02. The number of nitrogens with zero attached hydrogens (tertiary/aromatic N) is 1. The van der Waals surface area contributed by atoms with Gasteiger partial charge in [0, 0.05) is 13.0 Å². The van der Waals surface area contributed by atoms with E-state index < -0.39 is 10.0 Å². The molecule has 1 unspecified atom stereocenters. The van der Waals surface area contributed by atoms with Gasteiger partial charge in [0.05, 0.1) is 5.25 Å². The zero-order valence-corrected chi connectivity index (χ0v) is 12.6. The van der Waals surface area contributed by atoms with E-state index in [1.165, 1.54) is 0 Å². The van der Waals surface area contributed by atoms with Crippen LogP contribution in [0, 0.1) is 0 Å². The summed E-state index contributed by atoms with van der Waals surface area (Å²) in [5.74, 6) is 0.647. The van der Waals surface area contributed by atoms with Crippen molar-refractivity contribution < 1.29 is 12.8 Å². The fourth-order valence-electron chi connectivity index (χ4n) is 1.84. The van der Waals surface area contributed by atoms with Crippen molar-refractivity contribution in [2.24, 2.45) is 0 Å². The molecule has 0 aliphatic rings. The molecule has 2 rings (SSSR count). The highest BCUT2D eigenvalue weighted by atomic mass is 32.2. The summed E-state index contributed by atoms with van der Waals surface area (Å²) >= 11 is 0. The van der Waals surface area contributed by atoms with Gasteiger partial charge in [0.1, 0.15) is 5.52 Å². The van der Waals surface area contributed by atoms with Crippen LogP contribution in [0.15, 0.2) is 28.7 Å². The maximum atomic E-state index is 11.8. The number of aromatic nitrogens is 1. The van der Waals surface area contributed by atoms with E-state index in [2.05, 4.69) is 9.71 Å². The van der Waals surface area contributed by atoms with Gasteiger partial charge >= 0.3 is 0 Å². The van der Waals surface area contributed by atoms with Crippen molar-refractivity contribution >= 4 is 21.1 Å². The zero-order chi connectivity index (χ0) is 14.6. The maximum Gasteiger partial charge on any atom is 0.214 e. The highest BCUT2D eigenvalue weighted by Crippen LogP contribution is 2.15. The third kappa shape index (κ3) is 3.58. The van der Waals surface area contributed by atoms with Crippen LogP contribution in [-0.2, 0) is 16.4 Å². The van der Waals surface area contributed by atoms with Crippen molar-refractivity contribution in [3.05, 3.63) is 30.2 Å². The Morgan fingerprint density at radius 1 is 1.35 bits per heavy atom. The van der Waals surface area contributed by atoms with Crippen molar-refractivity contribution in [2.45, 2.75) is 38.4 Å². The van der Waals surface area contributed by atoms with Crippen LogP contribution in [0.3, 0.4) is 0 Å². The molecule has 5 nitrogen and oxygen atoms in total. The van der Waals surface area contributed by atoms with Gasteiger partial charge in [-0.05, 0) is 31.9 Å². The molecule has 0 saturated carbocycles. The van der Waals surface area contributed by atoms with Crippen LogP contribution < -0.4 is 4.72 Å². The van der Waals surface area contributed by atoms with Crippen LogP contribution in [-0.4, -0.2) is 25.2 Å². The third-order valence-corrected chi connectivity index (χ3v) is 5.31. The van der Waals surface area contributed by atoms with Crippen molar-refractivity contribution in [2.75, 3.05) is 6.54 Å². The van der Waals surface area contributed by atoms with Crippen molar-refractivity contribution in [3.8, 4) is 0 Å². The lowest BCUT2D eigenvalue weighted by atomic mass is 10.3. The summed E-state index contributed by atoms with van der Waals surface area (Å²) in [7, 11) is -3.19. The molecule has 0 bridgehead atoms. The molecule has 1 atom stereocenters. The van der Waals surface area contributed by atoms with Crippen LogP contribution in [0.1, 0.15) is 32.6 Å². The molecule has 0 aliphatic carbocycles. The van der Waals surface area contributed by atoms with Gasteiger partial charge in [-0.1, -0.05) is 19.1 Å². The number of para-hydroxylation sites is 2. The van der Waals surface area contributed by atoms with Gasteiger partial charge in [-0.15, -0.1) is 0 Å². The lowest BCUT2D eigenvalue weighted by Crippen LogP contribution is -2.33. The fourth-order valence-corrected chi connectivity index (χ4v) is 2.99. The minimum atomic E-state index is -3.19. The smallest absolute Gasteiger partial charge is 0.214 e. The summed E-state index contributed by atoms with van der Waals surface area (Å²) in [5.41, 5.74) is 1.60. The molecule has 0 fully saturated rings. The summed E-state index contributed by atoms with van der Waals surface area (Å²) in [6, 6.07) is 7.58. The number of oxazole rings is 1. The first-order chi connectivity index (χ1) is 9.53. The molecule has 0 aliphatic heterocycles. The summed E-state index contributed by atoms with van der Waals surface area (Å²) in [5, 5.41) is -0.355. The number of hydrogen-bond acceptors (Lipinski definition) is 4. The minimum absolute atomic E-state index is 0.355. The summed E-state index contributed by atoms with van der Waals surface area (Å²) < 4.78 is 31.7. The summed E-state index contributed by atoms with van der Waals surface area (Å²) in [6.07, 6.45) is 1.90. The lowest BCUT2D eigenvalue weighted by molar-refractivity contribution is 0.515. The normalized spacial score (nSPS) is 13.7. The predicted octanol–water partition coefficient (Wildman–Crippen LogP) is 2.48. The van der Waals surface area contributed by atoms with E-state index in [4.69, 9.17) is 4.42 Å². The molecular formula is C14H20N2O3S. The first-order valence-electron chi connectivity index (χ1n) is 6.86. The van der Waals surface area contributed by atoms with Gasteiger partial charge < -0.3 is 4.42 Å². The predicted molar refractivity (Wildman–Crippen MR) is 79.0 cm³/mol. The van der Waals surface area contributed by atoms with Crippen molar-refractivity contribution in [1.29, 1.82) is 0 Å². The van der Waals surface area contributed by atoms with Gasteiger partial charge in [0.2, 0.25) is 10.0 Å². The second kappa shape index (κ2) is 6.37. The van der Waals surface area contributed by atoms with Crippen LogP contribution in [0.5, 0.6) is 0 Å². The number of nitrogens with one attached hydrogen (secondary N) is 1. The monoisotopic (exact) mass is 296 g/mol. The third-order valence-electron chi connectivity index (χ3n) is 3.31. The topological polar surface area (TPSA) is 72.2 Å². The number of hydrogen-bond donors (Lipinski definition) is 1. The molecule has 6 heteroatoms. The molecular weight excluding hydrogens is 276 g/mol. The number of benzene rings is 1. The van der Waals surface area contributed by atoms with Gasteiger partial charge in [0.25, 0.3) is 0 Å². The minimum Gasteiger partial charge on any atom is -0.441 e. The average Bonchev–Trinajstić information content (AvgIpc) is 2.85. The molecule has 0 amide bonds. The fraction of sp³-hybridized carbons (Fsp3) is 0.500. The summed E-state index contributed by atoms with van der Waals surface area (Å²) in [6.45, 7) is 3.98.